The largest absolute Gasteiger partial charge is 0.488 e. The first-order valence-electron chi connectivity index (χ1n) is 9.55. The van der Waals surface area contributed by atoms with Crippen molar-refractivity contribution in [1.82, 2.24) is 10.2 Å². The standard InChI is InChI=1S/C24H18BrFN2O3/c25-19-11-9-16(10-12-19)15-31-22-8-4-2-5-17(22)13-21-23(29)28(24(30)27-21)14-18-6-1-3-7-20(18)26/h1-13H,14-15H2,(H,27,30)/b21-13+. The lowest BCUT2D eigenvalue weighted by atomic mass is 10.1. The molecule has 5 nitrogen and oxygen atoms in total. The Balaban J connectivity index is 1.52. The minimum atomic E-state index is -0.590. The van der Waals surface area contributed by atoms with Crippen LogP contribution in [0.3, 0.4) is 0 Å². The summed E-state index contributed by atoms with van der Waals surface area (Å²) in [5.74, 6) is -0.407. The Bertz CT molecular complexity index is 1160. The number of carbonyl (C=O) groups is 2. The lowest BCUT2D eigenvalue weighted by Gasteiger charge is -2.12. The molecule has 0 aliphatic carbocycles. The average molecular weight is 481 g/mol. The summed E-state index contributed by atoms with van der Waals surface area (Å²) in [6.07, 6.45) is 1.57. The van der Waals surface area contributed by atoms with Gasteiger partial charge in [-0.3, -0.25) is 9.69 Å². The molecule has 156 valence electrons. The summed E-state index contributed by atoms with van der Waals surface area (Å²) in [5, 5.41) is 2.56. The number of urea groups is 1. The van der Waals surface area contributed by atoms with E-state index in [2.05, 4.69) is 21.2 Å². The van der Waals surface area contributed by atoms with Gasteiger partial charge in [-0.25, -0.2) is 9.18 Å². The van der Waals surface area contributed by atoms with Gasteiger partial charge in [0.1, 0.15) is 23.9 Å². The van der Waals surface area contributed by atoms with E-state index in [0.717, 1.165) is 14.9 Å². The smallest absolute Gasteiger partial charge is 0.329 e. The number of carbonyl (C=O) groups excluding carboxylic acids is 2. The van der Waals surface area contributed by atoms with Crippen molar-refractivity contribution in [1.29, 1.82) is 0 Å². The highest BCUT2D eigenvalue weighted by Gasteiger charge is 2.34. The van der Waals surface area contributed by atoms with Crippen molar-refractivity contribution in [2.24, 2.45) is 0 Å². The van der Waals surface area contributed by atoms with Crippen LogP contribution in [0.25, 0.3) is 6.08 Å². The van der Waals surface area contributed by atoms with E-state index >= 15 is 0 Å². The summed E-state index contributed by atoms with van der Waals surface area (Å²) in [5.41, 5.74) is 2.02. The lowest BCUT2D eigenvalue weighted by Crippen LogP contribution is -2.30. The maximum atomic E-state index is 13.9. The molecule has 0 spiro atoms. The molecule has 0 atom stereocenters. The summed E-state index contributed by atoms with van der Waals surface area (Å²) in [6, 6.07) is 20.5. The molecule has 1 saturated heterocycles. The van der Waals surface area contributed by atoms with Gasteiger partial charge in [0.05, 0.1) is 6.54 Å². The second-order valence-corrected chi connectivity index (χ2v) is 7.84. The first-order chi connectivity index (χ1) is 15.0. The normalized spacial score (nSPS) is 14.8. The van der Waals surface area contributed by atoms with Crippen molar-refractivity contribution < 1.29 is 18.7 Å². The quantitative estimate of drug-likeness (QED) is 0.386. The SMILES string of the molecule is O=C1N/C(=C/c2ccccc2OCc2ccc(Br)cc2)C(=O)N1Cc1ccccc1F. The van der Waals surface area contributed by atoms with Crippen molar-refractivity contribution in [2.45, 2.75) is 13.2 Å². The molecule has 4 rings (SSSR count). The van der Waals surface area contributed by atoms with Gasteiger partial charge >= 0.3 is 6.03 Å². The average Bonchev–Trinajstić information content (AvgIpc) is 3.03. The van der Waals surface area contributed by atoms with Crippen molar-refractivity contribution in [2.75, 3.05) is 0 Å². The molecule has 1 N–H and O–H groups in total. The highest BCUT2D eigenvalue weighted by atomic mass is 79.9. The van der Waals surface area contributed by atoms with E-state index in [4.69, 9.17) is 4.74 Å². The molecule has 0 aromatic heterocycles. The molecular formula is C24H18BrFN2O3. The number of imide groups is 1. The summed E-state index contributed by atoms with van der Waals surface area (Å²) >= 11 is 3.40. The highest BCUT2D eigenvalue weighted by molar-refractivity contribution is 9.10. The predicted molar refractivity (Wildman–Crippen MR) is 118 cm³/mol. The van der Waals surface area contributed by atoms with Crippen molar-refractivity contribution in [3.63, 3.8) is 0 Å². The Morgan fingerprint density at radius 1 is 0.968 bits per heavy atom. The topological polar surface area (TPSA) is 58.6 Å². The van der Waals surface area contributed by atoms with Crippen LogP contribution in [-0.4, -0.2) is 16.8 Å². The van der Waals surface area contributed by atoms with Crippen LogP contribution in [0, 0.1) is 5.82 Å². The van der Waals surface area contributed by atoms with Crippen molar-refractivity contribution >= 4 is 33.9 Å². The van der Waals surface area contributed by atoms with Crippen molar-refractivity contribution in [3.8, 4) is 5.75 Å². The van der Waals surface area contributed by atoms with Crippen LogP contribution in [-0.2, 0) is 17.9 Å². The Morgan fingerprint density at radius 2 is 1.68 bits per heavy atom. The highest BCUT2D eigenvalue weighted by Crippen LogP contribution is 2.25. The van der Waals surface area contributed by atoms with E-state index < -0.39 is 17.8 Å². The van der Waals surface area contributed by atoms with Crippen LogP contribution in [0.4, 0.5) is 9.18 Å². The van der Waals surface area contributed by atoms with Crippen LogP contribution in [0.2, 0.25) is 0 Å². The van der Waals surface area contributed by atoms with Crippen LogP contribution in [0.15, 0.2) is 83.0 Å². The number of nitrogens with one attached hydrogen (secondary N) is 1. The number of halogens is 2. The number of benzene rings is 3. The molecule has 0 unspecified atom stereocenters. The fourth-order valence-corrected chi connectivity index (χ4v) is 3.40. The van der Waals surface area contributed by atoms with Gasteiger partial charge < -0.3 is 10.1 Å². The zero-order valence-electron chi connectivity index (χ0n) is 16.3. The Hall–Kier alpha value is -3.45. The molecule has 1 aliphatic rings. The van der Waals surface area contributed by atoms with E-state index in [1.165, 1.54) is 6.07 Å². The van der Waals surface area contributed by atoms with Gasteiger partial charge in [0.2, 0.25) is 0 Å². The third kappa shape index (κ3) is 4.83. The van der Waals surface area contributed by atoms with Crippen LogP contribution >= 0.6 is 15.9 Å². The summed E-state index contributed by atoms with van der Waals surface area (Å²) in [6.45, 7) is 0.212. The maximum Gasteiger partial charge on any atom is 0.329 e. The molecule has 0 saturated carbocycles. The summed E-state index contributed by atoms with van der Waals surface area (Å²) < 4.78 is 20.8. The molecule has 31 heavy (non-hydrogen) atoms. The minimum Gasteiger partial charge on any atom is -0.488 e. The third-order valence-electron chi connectivity index (χ3n) is 4.78. The molecule has 0 radical (unpaired) electrons. The summed E-state index contributed by atoms with van der Waals surface area (Å²) in [7, 11) is 0. The number of ether oxygens (including phenoxy) is 1. The second-order valence-electron chi connectivity index (χ2n) is 6.92. The third-order valence-corrected chi connectivity index (χ3v) is 5.30. The van der Waals surface area contributed by atoms with Gasteiger partial charge in [-0.15, -0.1) is 0 Å². The molecule has 3 amide bonds. The molecule has 1 fully saturated rings. The molecule has 3 aromatic carbocycles. The van der Waals surface area contributed by atoms with E-state index in [1.54, 1.807) is 36.4 Å². The van der Waals surface area contributed by atoms with Crippen LogP contribution in [0.1, 0.15) is 16.7 Å². The fourth-order valence-electron chi connectivity index (χ4n) is 3.14. The first kappa shape index (κ1) is 20.8. The molecule has 1 aliphatic heterocycles. The minimum absolute atomic E-state index is 0.112. The molecule has 7 heteroatoms. The number of rotatable bonds is 6. The number of nitrogens with zero attached hydrogens (tertiary/aromatic N) is 1. The van der Waals surface area contributed by atoms with Gasteiger partial charge in [0.25, 0.3) is 5.91 Å². The van der Waals surface area contributed by atoms with Gasteiger partial charge in [-0.2, -0.15) is 0 Å². The van der Waals surface area contributed by atoms with Gasteiger partial charge in [-0.1, -0.05) is 64.5 Å². The number of hydrogen-bond acceptors (Lipinski definition) is 3. The zero-order valence-corrected chi connectivity index (χ0v) is 17.9. The van der Waals surface area contributed by atoms with E-state index in [1.807, 2.05) is 36.4 Å². The molecule has 0 bridgehead atoms. The number of hydrogen-bond donors (Lipinski definition) is 1. The van der Waals surface area contributed by atoms with E-state index in [9.17, 15) is 14.0 Å². The maximum absolute atomic E-state index is 13.9. The van der Waals surface area contributed by atoms with Gasteiger partial charge in [0, 0.05) is 15.6 Å². The van der Waals surface area contributed by atoms with Crippen LogP contribution in [0.5, 0.6) is 5.75 Å². The zero-order chi connectivity index (χ0) is 21.8. The van der Waals surface area contributed by atoms with E-state index in [-0.39, 0.29) is 17.8 Å². The molecular weight excluding hydrogens is 463 g/mol. The molecule has 3 aromatic rings. The Kier molecular flexibility index (Phi) is 6.13. The van der Waals surface area contributed by atoms with Crippen LogP contribution < -0.4 is 10.1 Å². The number of para-hydroxylation sites is 1. The van der Waals surface area contributed by atoms with E-state index in [0.29, 0.717) is 17.9 Å². The fraction of sp³-hybridized carbons (Fsp3) is 0.0833. The summed E-state index contributed by atoms with van der Waals surface area (Å²) in [4.78, 5) is 26.1. The lowest BCUT2D eigenvalue weighted by molar-refractivity contribution is -0.123. The Morgan fingerprint density at radius 3 is 2.45 bits per heavy atom. The predicted octanol–water partition coefficient (Wildman–Crippen LogP) is 5.26. The van der Waals surface area contributed by atoms with Crippen molar-refractivity contribution in [3.05, 3.63) is 105 Å². The van der Waals surface area contributed by atoms with Gasteiger partial charge in [-0.05, 0) is 35.9 Å². The first-order valence-corrected chi connectivity index (χ1v) is 10.3. The second kappa shape index (κ2) is 9.14. The Labute approximate surface area is 187 Å². The monoisotopic (exact) mass is 480 g/mol. The number of amides is 3. The molecule has 1 heterocycles. The van der Waals surface area contributed by atoms with Gasteiger partial charge in [0.15, 0.2) is 0 Å².